The molecule has 2 N–H and O–H groups in total. The summed E-state index contributed by atoms with van der Waals surface area (Å²) in [5.41, 5.74) is -0.431. The summed E-state index contributed by atoms with van der Waals surface area (Å²) in [4.78, 5) is 11.7. The average molecular weight is 255 g/mol. The van der Waals surface area contributed by atoms with Crippen molar-refractivity contribution in [1.82, 2.24) is 14.1 Å². The van der Waals surface area contributed by atoms with Crippen LogP contribution in [-0.2, 0) is 0 Å². The first kappa shape index (κ1) is 12.4. The number of carbonyl (C=O) groups excluding carboxylic acids is 1. The summed E-state index contributed by atoms with van der Waals surface area (Å²) < 4.78 is 7.63. The standard InChI is InChI=1S/C11H17N3O2S/c1-8-3-2-4-11(16,5-8)7-12-10(15)9-6-13-17-14-9/h6,8,16H,2-5,7H2,1H3,(H,12,15). The van der Waals surface area contributed by atoms with Crippen LogP contribution in [0.15, 0.2) is 6.20 Å². The highest BCUT2D eigenvalue weighted by molar-refractivity contribution is 6.99. The highest BCUT2D eigenvalue weighted by atomic mass is 32.1. The van der Waals surface area contributed by atoms with Crippen LogP contribution < -0.4 is 5.32 Å². The monoisotopic (exact) mass is 255 g/mol. The van der Waals surface area contributed by atoms with Crippen molar-refractivity contribution in [3.8, 4) is 0 Å². The molecular formula is C11H17N3O2S. The average Bonchev–Trinajstić information content (AvgIpc) is 2.79. The second kappa shape index (κ2) is 5.10. The first-order valence-corrected chi connectivity index (χ1v) is 6.60. The van der Waals surface area contributed by atoms with Crippen LogP contribution in [0, 0.1) is 5.92 Å². The van der Waals surface area contributed by atoms with E-state index in [1.54, 1.807) is 0 Å². The van der Waals surface area contributed by atoms with Gasteiger partial charge in [-0.1, -0.05) is 19.8 Å². The van der Waals surface area contributed by atoms with Gasteiger partial charge in [0.25, 0.3) is 5.91 Å². The van der Waals surface area contributed by atoms with Gasteiger partial charge < -0.3 is 10.4 Å². The second-order valence-electron chi connectivity index (χ2n) is 4.90. The molecule has 0 saturated heterocycles. The Morgan fingerprint density at radius 2 is 2.59 bits per heavy atom. The molecule has 17 heavy (non-hydrogen) atoms. The number of rotatable bonds is 3. The SMILES string of the molecule is CC1CCCC(O)(CNC(=O)c2cnsn2)C1. The molecule has 1 fully saturated rings. The van der Waals surface area contributed by atoms with E-state index in [2.05, 4.69) is 21.0 Å². The summed E-state index contributed by atoms with van der Waals surface area (Å²) in [6, 6.07) is 0. The minimum atomic E-state index is -0.753. The summed E-state index contributed by atoms with van der Waals surface area (Å²) >= 11 is 1.01. The number of nitrogens with one attached hydrogen (secondary N) is 1. The van der Waals surface area contributed by atoms with Crippen LogP contribution in [0.1, 0.15) is 43.1 Å². The summed E-state index contributed by atoms with van der Waals surface area (Å²) in [5, 5.41) is 13.1. The van der Waals surface area contributed by atoms with E-state index in [0.717, 1.165) is 37.4 Å². The number of hydrogen-bond donors (Lipinski definition) is 2. The van der Waals surface area contributed by atoms with E-state index >= 15 is 0 Å². The number of carbonyl (C=O) groups is 1. The Kier molecular flexibility index (Phi) is 3.73. The van der Waals surface area contributed by atoms with Crippen molar-refractivity contribution in [2.45, 2.75) is 38.2 Å². The molecule has 1 aliphatic carbocycles. The fraction of sp³-hybridized carbons (Fsp3) is 0.727. The Labute approximate surface area is 105 Å². The van der Waals surface area contributed by atoms with Gasteiger partial charge in [-0.05, 0) is 18.8 Å². The molecule has 1 heterocycles. The van der Waals surface area contributed by atoms with Crippen molar-refractivity contribution in [2.75, 3.05) is 6.54 Å². The van der Waals surface area contributed by atoms with Gasteiger partial charge in [0.15, 0.2) is 5.69 Å². The minimum Gasteiger partial charge on any atom is -0.388 e. The molecule has 0 spiro atoms. The molecule has 0 radical (unpaired) electrons. The molecule has 2 atom stereocenters. The van der Waals surface area contributed by atoms with Crippen LogP contribution in [0.3, 0.4) is 0 Å². The van der Waals surface area contributed by atoms with Crippen molar-refractivity contribution < 1.29 is 9.90 Å². The Hall–Kier alpha value is -1.01. The van der Waals surface area contributed by atoms with Crippen molar-refractivity contribution in [3.05, 3.63) is 11.9 Å². The smallest absolute Gasteiger partial charge is 0.272 e. The first-order valence-electron chi connectivity index (χ1n) is 5.87. The number of aliphatic hydroxyl groups is 1. The third kappa shape index (κ3) is 3.23. The van der Waals surface area contributed by atoms with E-state index in [9.17, 15) is 9.90 Å². The van der Waals surface area contributed by atoms with E-state index in [-0.39, 0.29) is 5.91 Å². The highest BCUT2D eigenvalue weighted by Gasteiger charge is 2.33. The maximum absolute atomic E-state index is 11.7. The van der Waals surface area contributed by atoms with Gasteiger partial charge in [-0.2, -0.15) is 8.75 Å². The van der Waals surface area contributed by atoms with Gasteiger partial charge in [0.1, 0.15) is 0 Å². The lowest BCUT2D eigenvalue weighted by atomic mass is 9.79. The Morgan fingerprint density at radius 3 is 3.24 bits per heavy atom. The minimum absolute atomic E-state index is 0.259. The lowest BCUT2D eigenvalue weighted by Crippen LogP contribution is -2.45. The maximum atomic E-state index is 11.7. The molecular weight excluding hydrogens is 238 g/mol. The third-order valence-corrected chi connectivity index (χ3v) is 3.72. The lowest BCUT2D eigenvalue weighted by molar-refractivity contribution is -0.0109. The van der Waals surface area contributed by atoms with Crippen LogP contribution in [0.5, 0.6) is 0 Å². The van der Waals surface area contributed by atoms with Gasteiger partial charge in [0, 0.05) is 6.54 Å². The molecule has 94 valence electrons. The molecule has 1 aliphatic rings. The van der Waals surface area contributed by atoms with Gasteiger partial charge in [-0.25, -0.2) is 0 Å². The molecule has 1 amide bonds. The molecule has 1 saturated carbocycles. The fourth-order valence-corrected chi connectivity index (χ4v) is 2.81. The second-order valence-corrected chi connectivity index (χ2v) is 5.46. The molecule has 1 aromatic heterocycles. The molecule has 5 nitrogen and oxygen atoms in total. The fourth-order valence-electron chi connectivity index (χ4n) is 2.39. The van der Waals surface area contributed by atoms with Crippen LogP contribution in [0.25, 0.3) is 0 Å². The first-order chi connectivity index (χ1) is 8.09. The van der Waals surface area contributed by atoms with E-state index in [1.807, 2.05) is 0 Å². The Balaban J connectivity index is 1.87. The van der Waals surface area contributed by atoms with Crippen molar-refractivity contribution in [2.24, 2.45) is 5.92 Å². The largest absolute Gasteiger partial charge is 0.388 e. The molecule has 0 aliphatic heterocycles. The van der Waals surface area contributed by atoms with E-state index < -0.39 is 5.60 Å². The van der Waals surface area contributed by atoms with Crippen LogP contribution in [-0.4, -0.2) is 31.9 Å². The third-order valence-electron chi connectivity index (χ3n) is 3.24. The molecule has 0 bridgehead atoms. The van der Waals surface area contributed by atoms with Crippen LogP contribution in [0.4, 0.5) is 0 Å². The van der Waals surface area contributed by atoms with E-state index in [0.29, 0.717) is 18.2 Å². The van der Waals surface area contributed by atoms with Crippen molar-refractivity contribution in [1.29, 1.82) is 0 Å². The number of hydrogen-bond acceptors (Lipinski definition) is 5. The number of nitrogens with zero attached hydrogens (tertiary/aromatic N) is 2. The number of amides is 1. The highest BCUT2D eigenvalue weighted by Crippen LogP contribution is 2.31. The normalized spacial score (nSPS) is 28.9. The Bertz CT molecular complexity index is 382. The van der Waals surface area contributed by atoms with Crippen molar-refractivity contribution >= 4 is 17.6 Å². The zero-order valence-corrected chi connectivity index (χ0v) is 10.7. The maximum Gasteiger partial charge on any atom is 0.272 e. The van der Waals surface area contributed by atoms with Crippen LogP contribution >= 0.6 is 11.7 Å². The lowest BCUT2D eigenvalue weighted by Gasteiger charge is -2.35. The summed E-state index contributed by atoms with van der Waals surface area (Å²) in [7, 11) is 0. The molecule has 0 aromatic carbocycles. The van der Waals surface area contributed by atoms with Gasteiger partial charge in [0.05, 0.1) is 23.5 Å². The van der Waals surface area contributed by atoms with Gasteiger partial charge in [-0.15, -0.1) is 0 Å². The topological polar surface area (TPSA) is 75.1 Å². The van der Waals surface area contributed by atoms with Gasteiger partial charge in [0.2, 0.25) is 0 Å². The zero-order chi connectivity index (χ0) is 12.3. The van der Waals surface area contributed by atoms with Crippen LogP contribution in [0.2, 0.25) is 0 Å². The molecule has 6 heteroatoms. The van der Waals surface area contributed by atoms with E-state index in [4.69, 9.17) is 0 Å². The molecule has 1 aromatic rings. The predicted octanol–water partition coefficient (Wildman–Crippen LogP) is 1.21. The summed E-state index contributed by atoms with van der Waals surface area (Å²) in [5.74, 6) is 0.261. The zero-order valence-electron chi connectivity index (χ0n) is 9.85. The van der Waals surface area contributed by atoms with E-state index in [1.165, 1.54) is 6.20 Å². The molecule has 2 unspecified atom stereocenters. The summed E-state index contributed by atoms with van der Waals surface area (Å²) in [6.45, 7) is 2.43. The Morgan fingerprint density at radius 1 is 1.76 bits per heavy atom. The number of aromatic nitrogens is 2. The van der Waals surface area contributed by atoms with Gasteiger partial charge in [-0.3, -0.25) is 4.79 Å². The molecule has 2 rings (SSSR count). The predicted molar refractivity (Wildman–Crippen MR) is 64.8 cm³/mol. The van der Waals surface area contributed by atoms with Crippen molar-refractivity contribution in [3.63, 3.8) is 0 Å². The van der Waals surface area contributed by atoms with Gasteiger partial charge >= 0.3 is 0 Å². The summed E-state index contributed by atoms with van der Waals surface area (Å²) in [6.07, 6.45) is 5.13. The quantitative estimate of drug-likeness (QED) is 0.851.